The maximum absolute atomic E-state index is 14.1. The lowest BCUT2D eigenvalue weighted by Crippen LogP contribution is -2.40. The molecule has 4 aromatic rings. The van der Waals surface area contributed by atoms with Crippen LogP contribution in [0.3, 0.4) is 0 Å². The zero-order valence-corrected chi connectivity index (χ0v) is 28.3. The maximum atomic E-state index is 14.1. The number of nitrogens with zero attached hydrogens (tertiary/aromatic N) is 4. The number of nitro groups is 1. The van der Waals surface area contributed by atoms with Gasteiger partial charge in [0.1, 0.15) is 18.4 Å². The van der Waals surface area contributed by atoms with Gasteiger partial charge in [-0.3, -0.25) is 19.5 Å². The number of nitro benzene ring substituents is 1. The smallest absolute Gasteiger partial charge is 0.338 e. The summed E-state index contributed by atoms with van der Waals surface area (Å²) < 4.78 is 19.3. The number of carbonyl (C=O) groups is 1. The number of hydrogen-bond donors (Lipinski definition) is 0. The number of ether oxygens (including phenoxy) is 3. The average molecular weight is 718 g/mol. The largest absolute Gasteiger partial charge is 0.491 e. The van der Waals surface area contributed by atoms with Gasteiger partial charge >= 0.3 is 11.7 Å². The number of halogens is 1. The van der Waals surface area contributed by atoms with Crippen molar-refractivity contribution in [1.29, 1.82) is 5.26 Å². The quantitative estimate of drug-likeness (QED) is 0.115. The number of carbonyl (C=O) groups excluding carboxylic acids is 1. The van der Waals surface area contributed by atoms with Crippen molar-refractivity contribution < 1.29 is 23.9 Å². The molecule has 2 heterocycles. The number of benzene rings is 3. The lowest BCUT2D eigenvalue weighted by atomic mass is 9.95. The van der Waals surface area contributed by atoms with Gasteiger partial charge in [-0.25, -0.2) is 9.79 Å². The molecule has 240 valence electrons. The van der Waals surface area contributed by atoms with Crippen LogP contribution in [0.5, 0.6) is 11.5 Å². The molecule has 0 bridgehead atoms. The van der Waals surface area contributed by atoms with Gasteiger partial charge < -0.3 is 14.2 Å². The molecule has 0 N–H and O–H groups in total. The van der Waals surface area contributed by atoms with Crippen molar-refractivity contribution in [2.24, 2.45) is 4.99 Å². The number of nitriles is 1. The summed E-state index contributed by atoms with van der Waals surface area (Å²) in [5.41, 5.74) is 1.77. The van der Waals surface area contributed by atoms with Gasteiger partial charge in [-0.15, -0.1) is 0 Å². The number of esters is 1. The number of allylic oxidation sites excluding steroid dienone is 1. The fourth-order valence-corrected chi connectivity index (χ4v) is 6.80. The van der Waals surface area contributed by atoms with Gasteiger partial charge in [0.2, 0.25) is 5.75 Å². The zero-order chi connectivity index (χ0) is 33.8. The van der Waals surface area contributed by atoms with Crippen LogP contribution in [0.25, 0.3) is 6.08 Å². The van der Waals surface area contributed by atoms with E-state index in [1.165, 1.54) is 16.7 Å². The molecule has 0 radical (unpaired) electrons. The van der Waals surface area contributed by atoms with Crippen molar-refractivity contribution in [3.05, 3.63) is 128 Å². The molecular weight excluding hydrogens is 688 g/mol. The molecule has 47 heavy (non-hydrogen) atoms. The Kier molecular flexibility index (Phi) is 10.0. The molecule has 0 aliphatic carbocycles. The predicted molar refractivity (Wildman–Crippen MR) is 179 cm³/mol. The summed E-state index contributed by atoms with van der Waals surface area (Å²) in [6.45, 7) is 7.23. The number of rotatable bonds is 10. The normalized spacial score (nSPS) is 14.3. The first-order valence-corrected chi connectivity index (χ1v) is 16.2. The van der Waals surface area contributed by atoms with Crippen LogP contribution in [0.4, 0.5) is 5.69 Å². The van der Waals surface area contributed by atoms with Crippen molar-refractivity contribution in [3.8, 4) is 17.6 Å². The molecule has 11 nitrogen and oxygen atoms in total. The van der Waals surface area contributed by atoms with E-state index in [2.05, 4.69) is 27.0 Å². The SMILES string of the molecule is CCOC(=O)C1=C(C)N=c2s/c(=C\c3cc(Br)c(OCc4ccccc4C#N)c([N+](=O)[O-])c3)c(=O)n2[C@@H]1c1ccccc1OC(C)C. The average Bonchev–Trinajstić information content (AvgIpc) is 3.33. The third-order valence-corrected chi connectivity index (χ3v) is 8.72. The Hall–Kier alpha value is -5.06. The first-order valence-electron chi connectivity index (χ1n) is 14.6. The minimum absolute atomic E-state index is 0.0159. The van der Waals surface area contributed by atoms with E-state index in [-0.39, 0.29) is 40.9 Å². The van der Waals surface area contributed by atoms with Crippen molar-refractivity contribution >= 4 is 45.0 Å². The van der Waals surface area contributed by atoms with E-state index < -0.39 is 22.5 Å². The number of hydrogen-bond acceptors (Lipinski definition) is 10. The molecular formula is C34H29BrN4O7S. The molecule has 3 aromatic carbocycles. The highest BCUT2D eigenvalue weighted by molar-refractivity contribution is 9.10. The Bertz CT molecular complexity index is 2150. The van der Waals surface area contributed by atoms with Crippen LogP contribution >= 0.6 is 27.3 Å². The Labute approximate surface area is 282 Å². The van der Waals surface area contributed by atoms with Crippen LogP contribution in [0.1, 0.15) is 56.0 Å². The molecule has 1 aliphatic rings. The van der Waals surface area contributed by atoms with E-state index in [1.54, 1.807) is 62.4 Å². The van der Waals surface area contributed by atoms with Gasteiger partial charge in [-0.1, -0.05) is 47.7 Å². The highest BCUT2D eigenvalue weighted by atomic mass is 79.9. The van der Waals surface area contributed by atoms with Gasteiger partial charge in [0.25, 0.3) is 5.56 Å². The Morgan fingerprint density at radius 1 is 1.21 bits per heavy atom. The van der Waals surface area contributed by atoms with E-state index in [4.69, 9.17) is 14.2 Å². The number of fused-ring (bicyclic) bond motifs is 1. The zero-order valence-electron chi connectivity index (χ0n) is 25.9. The van der Waals surface area contributed by atoms with E-state index >= 15 is 0 Å². The van der Waals surface area contributed by atoms with Gasteiger partial charge in [0.05, 0.1) is 49.5 Å². The first-order chi connectivity index (χ1) is 22.5. The third-order valence-electron chi connectivity index (χ3n) is 7.14. The molecule has 13 heteroatoms. The second-order valence-corrected chi connectivity index (χ2v) is 12.5. The Morgan fingerprint density at radius 3 is 2.64 bits per heavy atom. The molecule has 0 fully saturated rings. The molecule has 5 rings (SSSR count). The summed E-state index contributed by atoms with van der Waals surface area (Å²) in [6, 6.07) is 18.1. The van der Waals surface area contributed by atoms with Crippen molar-refractivity contribution in [2.45, 2.75) is 46.4 Å². The topological polar surface area (TPSA) is 146 Å². The molecule has 1 atom stereocenters. The molecule has 0 saturated carbocycles. The lowest BCUT2D eigenvalue weighted by Gasteiger charge is -2.26. The van der Waals surface area contributed by atoms with Gasteiger partial charge in [-0.05, 0) is 73.5 Å². The standard InChI is InChI=1S/C34H29BrN4O7S/c1-5-44-33(41)29-20(4)37-34-38(30(29)24-12-8-9-13-27(24)46-19(2)3)32(40)28(47-34)16-21-14-25(35)31(26(15-21)39(42)43)45-18-23-11-7-6-10-22(23)17-36/h6-16,19,30H,5,18H2,1-4H3/b28-16-/t30-/m1/s1. The number of thiazole rings is 1. The summed E-state index contributed by atoms with van der Waals surface area (Å²) in [6.07, 6.45) is 1.36. The van der Waals surface area contributed by atoms with E-state index in [9.17, 15) is 25.0 Å². The van der Waals surface area contributed by atoms with E-state index in [1.807, 2.05) is 19.9 Å². The summed E-state index contributed by atoms with van der Waals surface area (Å²) in [4.78, 5) is 43.9. The Morgan fingerprint density at radius 2 is 1.94 bits per heavy atom. The molecule has 0 saturated heterocycles. The van der Waals surface area contributed by atoms with Gasteiger partial charge in [0.15, 0.2) is 4.80 Å². The molecule has 1 aliphatic heterocycles. The number of para-hydroxylation sites is 1. The third kappa shape index (κ3) is 6.89. The first kappa shape index (κ1) is 33.3. The summed E-state index contributed by atoms with van der Waals surface area (Å²) >= 11 is 4.49. The Balaban J connectivity index is 1.63. The van der Waals surface area contributed by atoms with Crippen LogP contribution in [0, 0.1) is 21.4 Å². The van der Waals surface area contributed by atoms with Crippen LogP contribution in [0.2, 0.25) is 0 Å². The molecule has 0 unspecified atom stereocenters. The highest BCUT2D eigenvalue weighted by Crippen LogP contribution is 2.38. The van der Waals surface area contributed by atoms with E-state index in [0.717, 1.165) is 11.3 Å². The van der Waals surface area contributed by atoms with Crippen LogP contribution in [0.15, 0.2) is 86.2 Å². The minimum atomic E-state index is -0.893. The summed E-state index contributed by atoms with van der Waals surface area (Å²) in [7, 11) is 0. The number of aromatic nitrogens is 1. The second kappa shape index (κ2) is 14.1. The molecule has 0 amide bonds. The fraction of sp³-hybridized carbons (Fsp3) is 0.235. The summed E-state index contributed by atoms with van der Waals surface area (Å²) in [5.74, 6) is -0.108. The van der Waals surface area contributed by atoms with Gasteiger partial charge in [-0.2, -0.15) is 5.26 Å². The highest BCUT2D eigenvalue weighted by Gasteiger charge is 2.35. The van der Waals surface area contributed by atoms with Crippen molar-refractivity contribution in [3.63, 3.8) is 0 Å². The maximum Gasteiger partial charge on any atom is 0.338 e. The molecule has 1 aromatic heterocycles. The predicted octanol–water partition coefficient (Wildman–Crippen LogP) is 5.71. The minimum Gasteiger partial charge on any atom is -0.491 e. The van der Waals surface area contributed by atoms with Crippen molar-refractivity contribution in [1.82, 2.24) is 4.57 Å². The monoisotopic (exact) mass is 716 g/mol. The van der Waals surface area contributed by atoms with Gasteiger partial charge in [0, 0.05) is 17.2 Å². The van der Waals surface area contributed by atoms with Crippen LogP contribution < -0.4 is 24.4 Å². The summed E-state index contributed by atoms with van der Waals surface area (Å²) in [5, 5.41) is 21.5. The van der Waals surface area contributed by atoms with Crippen LogP contribution in [-0.4, -0.2) is 28.2 Å². The van der Waals surface area contributed by atoms with Crippen LogP contribution in [-0.2, 0) is 16.1 Å². The second-order valence-electron chi connectivity index (χ2n) is 10.7. The fourth-order valence-electron chi connectivity index (χ4n) is 5.17. The molecule has 0 spiro atoms. The van der Waals surface area contributed by atoms with E-state index in [0.29, 0.717) is 43.0 Å². The lowest BCUT2D eigenvalue weighted by molar-refractivity contribution is -0.386. The van der Waals surface area contributed by atoms with Crippen molar-refractivity contribution in [2.75, 3.05) is 6.61 Å².